The molecule has 2 aromatic rings. The third kappa shape index (κ3) is 1.72. The van der Waals surface area contributed by atoms with Crippen molar-refractivity contribution in [1.29, 1.82) is 0 Å². The Morgan fingerprint density at radius 3 is 2.53 bits per heavy atom. The van der Waals surface area contributed by atoms with Gasteiger partial charge in [0.1, 0.15) is 5.82 Å². The van der Waals surface area contributed by atoms with Crippen LogP contribution in [0.4, 0.5) is 4.39 Å². The van der Waals surface area contributed by atoms with Crippen LogP contribution in [0.5, 0.6) is 0 Å². The second-order valence-corrected chi connectivity index (χ2v) is 4.15. The fourth-order valence-corrected chi connectivity index (χ4v) is 1.61. The number of pyridine rings is 1. The lowest BCUT2D eigenvalue weighted by molar-refractivity contribution is 0.630. The Hall–Kier alpha value is -1.44. The number of benzene rings is 1. The Bertz CT molecular complexity index is 503. The number of hydrogen-bond acceptors (Lipinski definition) is 1. The first-order valence-corrected chi connectivity index (χ1v) is 5.15. The first-order valence-electron chi connectivity index (χ1n) is 5.15. The molecule has 15 heavy (non-hydrogen) atoms. The monoisotopic (exact) mass is 203 g/mol. The van der Waals surface area contributed by atoms with Gasteiger partial charge in [0.15, 0.2) is 0 Å². The summed E-state index contributed by atoms with van der Waals surface area (Å²) in [7, 11) is 0. The van der Waals surface area contributed by atoms with Gasteiger partial charge in [-0.15, -0.1) is 0 Å². The smallest absolute Gasteiger partial charge is 0.135 e. The quantitative estimate of drug-likeness (QED) is 0.686. The fraction of sp³-hybridized carbons (Fsp3) is 0.308. The Labute approximate surface area is 89.0 Å². The summed E-state index contributed by atoms with van der Waals surface area (Å²) in [5, 5.41) is 0.611. The van der Waals surface area contributed by atoms with Crippen LogP contribution in [0.1, 0.15) is 31.0 Å². The molecule has 0 N–H and O–H groups in total. The third-order valence-electron chi connectivity index (χ3n) is 2.61. The van der Waals surface area contributed by atoms with Crippen molar-refractivity contribution in [2.75, 3.05) is 0 Å². The van der Waals surface area contributed by atoms with E-state index >= 15 is 0 Å². The number of rotatable bonds is 1. The normalized spacial score (nSPS) is 11.3. The van der Waals surface area contributed by atoms with Gasteiger partial charge >= 0.3 is 0 Å². The average Bonchev–Trinajstić information content (AvgIpc) is 2.23. The van der Waals surface area contributed by atoms with Crippen LogP contribution in [-0.2, 0) is 0 Å². The zero-order valence-corrected chi connectivity index (χ0v) is 9.21. The van der Waals surface area contributed by atoms with Crippen LogP contribution in [0.25, 0.3) is 10.9 Å². The van der Waals surface area contributed by atoms with Crippen LogP contribution >= 0.6 is 0 Å². The molecule has 0 saturated carbocycles. The maximum Gasteiger partial charge on any atom is 0.135 e. The van der Waals surface area contributed by atoms with E-state index in [0.29, 0.717) is 16.9 Å². The van der Waals surface area contributed by atoms with E-state index in [0.717, 1.165) is 11.2 Å². The topological polar surface area (TPSA) is 12.9 Å². The van der Waals surface area contributed by atoms with E-state index in [2.05, 4.69) is 18.8 Å². The molecule has 0 aliphatic carbocycles. The van der Waals surface area contributed by atoms with Crippen molar-refractivity contribution in [2.24, 2.45) is 0 Å². The van der Waals surface area contributed by atoms with Crippen LogP contribution in [0.3, 0.4) is 0 Å². The molecule has 0 atom stereocenters. The summed E-state index contributed by atoms with van der Waals surface area (Å²) in [6.07, 6.45) is 0. The minimum Gasteiger partial charge on any atom is -0.252 e. The molecule has 0 amide bonds. The summed E-state index contributed by atoms with van der Waals surface area (Å²) in [4.78, 5) is 4.44. The number of aryl methyl sites for hydroxylation is 1. The lowest BCUT2D eigenvalue weighted by Gasteiger charge is -2.07. The molecule has 1 heterocycles. The molecule has 2 heteroatoms. The van der Waals surface area contributed by atoms with Gasteiger partial charge in [0.2, 0.25) is 0 Å². The molecule has 2 rings (SSSR count). The van der Waals surface area contributed by atoms with Crippen molar-refractivity contribution < 1.29 is 4.39 Å². The SMILES string of the molecule is Cc1ccc2nc(C(C)C)ccc2c1F. The third-order valence-corrected chi connectivity index (χ3v) is 2.61. The first-order chi connectivity index (χ1) is 7.09. The molecule has 0 bridgehead atoms. The van der Waals surface area contributed by atoms with Crippen molar-refractivity contribution in [3.05, 3.63) is 41.3 Å². The average molecular weight is 203 g/mol. The molecule has 0 radical (unpaired) electrons. The molecule has 0 aliphatic heterocycles. The predicted octanol–water partition coefficient (Wildman–Crippen LogP) is 3.81. The Morgan fingerprint density at radius 2 is 1.87 bits per heavy atom. The second kappa shape index (κ2) is 3.61. The zero-order chi connectivity index (χ0) is 11.0. The molecule has 0 fully saturated rings. The highest BCUT2D eigenvalue weighted by molar-refractivity contribution is 5.80. The zero-order valence-electron chi connectivity index (χ0n) is 9.21. The highest BCUT2D eigenvalue weighted by Crippen LogP contribution is 2.21. The number of hydrogen-bond donors (Lipinski definition) is 0. The minimum atomic E-state index is -0.157. The van der Waals surface area contributed by atoms with Crippen LogP contribution in [0, 0.1) is 12.7 Å². The van der Waals surface area contributed by atoms with E-state index in [1.807, 2.05) is 18.2 Å². The van der Waals surface area contributed by atoms with Crippen molar-refractivity contribution in [2.45, 2.75) is 26.7 Å². The fourth-order valence-electron chi connectivity index (χ4n) is 1.61. The second-order valence-electron chi connectivity index (χ2n) is 4.15. The lowest BCUT2D eigenvalue weighted by atomic mass is 10.1. The van der Waals surface area contributed by atoms with Gasteiger partial charge in [-0.3, -0.25) is 4.98 Å². The van der Waals surface area contributed by atoms with Gasteiger partial charge in [-0.05, 0) is 36.6 Å². The molecular weight excluding hydrogens is 189 g/mol. The van der Waals surface area contributed by atoms with Crippen molar-refractivity contribution in [3.63, 3.8) is 0 Å². The molecule has 0 saturated heterocycles. The Kier molecular flexibility index (Phi) is 2.43. The van der Waals surface area contributed by atoms with Crippen molar-refractivity contribution in [1.82, 2.24) is 4.98 Å². The lowest BCUT2D eigenvalue weighted by Crippen LogP contribution is -1.94. The summed E-state index contributed by atoms with van der Waals surface area (Å²) in [6, 6.07) is 7.36. The van der Waals surface area contributed by atoms with E-state index in [1.165, 1.54) is 0 Å². The molecule has 1 aromatic heterocycles. The van der Waals surface area contributed by atoms with E-state index in [-0.39, 0.29) is 5.82 Å². The van der Waals surface area contributed by atoms with Crippen LogP contribution in [0.15, 0.2) is 24.3 Å². The van der Waals surface area contributed by atoms with E-state index in [4.69, 9.17) is 0 Å². The molecule has 0 aliphatic rings. The minimum absolute atomic E-state index is 0.157. The Morgan fingerprint density at radius 1 is 1.13 bits per heavy atom. The maximum atomic E-state index is 13.7. The largest absolute Gasteiger partial charge is 0.252 e. The summed E-state index contributed by atoms with van der Waals surface area (Å²) in [5.74, 6) is 0.217. The summed E-state index contributed by atoms with van der Waals surface area (Å²) < 4.78 is 13.7. The molecular formula is C13H14FN. The molecule has 0 spiro atoms. The van der Waals surface area contributed by atoms with Crippen molar-refractivity contribution >= 4 is 10.9 Å². The van der Waals surface area contributed by atoms with Gasteiger partial charge in [0.25, 0.3) is 0 Å². The van der Waals surface area contributed by atoms with Gasteiger partial charge in [-0.2, -0.15) is 0 Å². The Balaban J connectivity index is 2.70. The molecule has 1 nitrogen and oxygen atoms in total. The van der Waals surface area contributed by atoms with Gasteiger partial charge < -0.3 is 0 Å². The van der Waals surface area contributed by atoms with Crippen LogP contribution < -0.4 is 0 Å². The maximum absolute atomic E-state index is 13.7. The van der Waals surface area contributed by atoms with Gasteiger partial charge in [-0.1, -0.05) is 19.9 Å². The van der Waals surface area contributed by atoms with E-state index < -0.39 is 0 Å². The summed E-state index contributed by atoms with van der Waals surface area (Å²) >= 11 is 0. The summed E-state index contributed by atoms with van der Waals surface area (Å²) in [5.41, 5.74) is 2.41. The number of halogens is 1. The molecule has 1 aromatic carbocycles. The number of nitrogens with zero attached hydrogens (tertiary/aromatic N) is 1. The highest BCUT2D eigenvalue weighted by atomic mass is 19.1. The number of fused-ring (bicyclic) bond motifs is 1. The molecule has 0 unspecified atom stereocenters. The van der Waals surface area contributed by atoms with Gasteiger partial charge in [0.05, 0.1) is 5.52 Å². The van der Waals surface area contributed by atoms with Gasteiger partial charge in [0, 0.05) is 11.1 Å². The standard InChI is InChI=1S/C13H14FN/c1-8(2)11-7-5-10-12(15-11)6-4-9(3)13(10)14/h4-8H,1-3H3. The van der Waals surface area contributed by atoms with Crippen LogP contribution in [-0.4, -0.2) is 4.98 Å². The van der Waals surface area contributed by atoms with Crippen LogP contribution in [0.2, 0.25) is 0 Å². The summed E-state index contributed by atoms with van der Waals surface area (Å²) in [6.45, 7) is 5.93. The highest BCUT2D eigenvalue weighted by Gasteiger charge is 2.07. The van der Waals surface area contributed by atoms with Crippen molar-refractivity contribution in [3.8, 4) is 0 Å². The first kappa shape index (κ1) is 10.1. The molecule has 78 valence electrons. The predicted molar refractivity (Wildman–Crippen MR) is 60.5 cm³/mol. The number of aromatic nitrogens is 1. The van der Waals surface area contributed by atoms with E-state index in [9.17, 15) is 4.39 Å². The van der Waals surface area contributed by atoms with E-state index in [1.54, 1.807) is 13.0 Å². The van der Waals surface area contributed by atoms with Gasteiger partial charge in [-0.25, -0.2) is 4.39 Å².